The maximum Gasteiger partial charge on any atom is 0.270 e. The number of pyridine rings is 1. The number of hydrogen-bond donors (Lipinski definition) is 2. The van der Waals surface area contributed by atoms with Gasteiger partial charge in [0, 0.05) is 18.6 Å². The molecule has 0 aliphatic heterocycles. The molecule has 7 heteroatoms. The molecule has 118 valence electrons. The quantitative estimate of drug-likeness (QED) is 0.603. The number of carbonyl (C=O) groups excluding carboxylic acids is 1. The average molecular weight is 318 g/mol. The van der Waals surface area contributed by atoms with E-state index in [-0.39, 0.29) is 5.91 Å². The van der Waals surface area contributed by atoms with Gasteiger partial charge in [-0.25, -0.2) is 9.67 Å². The van der Waals surface area contributed by atoms with E-state index >= 15 is 0 Å². The van der Waals surface area contributed by atoms with E-state index in [1.54, 1.807) is 29.2 Å². The molecule has 3 heterocycles. The van der Waals surface area contributed by atoms with Crippen molar-refractivity contribution in [2.75, 3.05) is 0 Å². The first-order chi connectivity index (χ1) is 11.8. The summed E-state index contributed by atoms with van der Waals surface area (Å²) in [5, 5.41) is 6.97. The van der Waals surface area contributed by atoms with Gasteiger partial charge in [0.15, 0.2) is 0 Å². The van der Waals surface area contributed by atoms with Crippen LogP contribution in [0.2, 0.25) is 0 Å². The van der Waals surface area contributed by atoms with Crippen LogP contribution in [0.25, 0.3) is 16.7 Å². The van der Waals surface area contributed by atoms with E-state index in [0.29, 0.717) is 18.1 Å². The molecule has 4 aromatic rings. The van der Waals surface area contributed by atoms with Crippen molar-refractivity contribution in [3.05, 3.63) is 72.6 Å². The standard InChI is InChI=1S/C17H14N6O/c24-17(15-10-12(6-8-18-15)23-9-3-7-20-23)19-11-16-21-13-4-1-2-5-14(13)22-16/h1-10H,11H2,(H,19,24)(H,21,22). The van der Waals surface area contributed by atoms with Gasteiger partial charge >= 0.3 is 0 Å². The number of benzene rings is 1. The number of nitrogens with zero attached hydrogens (tertiary/aromatic N) is 4. The number of fused-ring (bicyclic) bond motifs is 1. The van der Waals surface area contributed by atoms with Gasteiger partial charge in [-0.15, -0.1) is 0 Å². The van der Waals surface area contributed by atoms with Crippen LogP contribution < -0.4 is 5.32 Å². The molecule has 0 aliphatic rings. The summed E-state index contributed by atoms with van der Waals surface area (Å²) in [5.41, 5.74) is 2.93. The van der Waals surface area contributed by atoms with E-state index in [4.69, 9.17) is 0 Å². The van der Waals surface area contributed by atoms with E-state index in [9.17, 15) is 4.79 Å². The number of aromatic amines is 1. The second-order valence-electron chi connectivity index (χ2n) is 5.23. The number of aromatic nitrogens is 5. The fraction of sp³-hybridized carbons (Fsp3) is 0.0588. The summed E-state index contributed by atoms with van der Waals surface area (Å²) in [4.78, 5) is 24.0. The van der Waals surface area contributed by atoms with Gasteiger partial charge in [-0.05, 0) is 30.3 Å². The monoisotopic (exact) mass is 318 g/mol. The number of nitrogens with one attached hydrogen (secondary N) is 2. The minimum absolute atomic E-state index is 0.260. The summed E-state index contributed by atoms with van der Waals surface area (Å²) in [5.74, 6) is 0.442. The van der Waals surface area contributed by atoms with Crippen LogP contribution in [0.1, 0.15) is 16.3 Å². The first-order valence-corrected chi connectivity index (χ1v) is 7.47. The fourth-order valence-electron chi connectivity index (χ4n) is 2.45. The minimum atomic E-state index is -0.260. The molecule has 4 rings (SSSR count). The summed E-state index contributed by atoms with van der Waals surface area (Å²) in [6, 6.07) is 13.0. The molecular formula is C17H14N6O. The zero-order chi connectivity index (χ0) is 16.4. The lowest BCUT2D eigenvalue weighted by Crippen LogP contribution is -2.24. The summed E-state index contributed by atoms with van der Waals surface area (Å²) in [6.45, 7) is 0.307. The highest BCUT2D eigenvalue weighted by Gasteiger charge is 2.10. The molecule has 0 radical (unpaired) electrons. The highest BCUT2D eigenvalue weighted by Crippen LogP contribution is 2.10. The van der Waals surface area contributed by atoms with Gasteiger partial charge in [-0.1, -0.05) is 12.1 Å². The summed E-state index contributed by atoms with van der Waals surface area (Å²) >= 11 is 0. The Morgan fingerprint density at radius 3 is 2.92 bits per heavy atom. The molecule has 0 unspecified atom stereocenters. The van der Waals surface area contributed by atoms with Gasteiger partial charge in [0.1, 0.15) is 11.5 Å². The van der Waals surface area contributed by atoms with Crippen LogP contribution in [-0.2, 0) is 6.54 Å². The summed E-state index contributed by atoms with van der Waals surface area (Å²) in [6.07, 6.45) is 5.08. The first kappa shape index (κ1) is 14.1. The van der Waals surface area contributed by atoms with E-state index in [2.05, 4.69) is 25.4 Å². The van der Waals surface area contributed by atoms with Crippen molar-refractivity contribution >= 4 is 16.9 Å². The molecule has 2 N–H and O–H groups in total. The molecule has 24 heavy (non-hydrogen) atoms. The van der Waals surface area contributed by atoms with Crippen molar-refractivity contribution in [2.45, 2.75) is 6.54 Å². The second-order valence-corrected chi connectivity index (χ2v) is 5.23. The van der Waals surface area contributed by atoms with Crippen LogP contribution >= 0.6 is 0 Å². The lowest BCUT2D eigenvalue weighted by Gasteiger charge is -2.05. The van der Waals surface area contributed by atoms with Crippen molar-refractivity contribution < 1.29 is 4.79 Å². The fourth-order valence-corrected chi connectivity index (χ4v) is 2.45. The Morgan fingerprint density at radius 1 is 1.17 bits per heavy atom. The minimum Gasteiger partial charge on any atom is -0.343 e. The number of para-hydroxylation sites is 2. The predicted molar refractivity (Wildman–Crippen MR) is 88.6 cm³/mol. The molecule has 0 fully saturated rings. The van der Waals surface area contributed by atoms with Crippen molar-refractivity contribution in [1.29, 1.82) is 0 Å². The molecule has 0 aliphatic carbocycles. The molecule has 0 spiro atoms. The number of imidazole rings is 1. The number of H-pyrrole nitrogens is 1. The Kier molecular flexibility index (Phi) is 3.51. The van der Waals surface area contributed by atoms with Crippen LogP contribution in [0.4, 0.5) is 0 Å². The Hall–Kier alpha value is -3.48. The molecule has 0 atom stereocenters. The summed E-state index contributed by atoms with van der Waals surface area (Å²) in [7, 11) is 0. The van der Waals surface area contributed by atoms with E-state index in [0.717, 1.165) is 16.7 Å². The Morgan fingerprint density at radius 2 is 2.08 bits per heavy atom. The molecular weight excluding hydrogens is 304 g/mol. The summed E-state index contributed by atoms with van der Waals surface area (Å²) < 4.78 is 1.68. The molecule has 0 bridgehead atoms. The topological polar surface area (TPSA) is 88.5 Å². The lowest BCUT2D eigenvalue weighted by molar-refractivity contribution is 0.0945. The van der Waals surface area contributed by atoms with Gasteiger partial charge in [0.2, 0.25) is 0 Å². The molecule has 1 aromatic carbocycles. The van der Waals surface area contributed by atoms with Crippen molar-refractivity contribution in [3.63, 3.8) is 0 Å². The Bertz CT molecular complexity index is 956. The number of carbonyl (C=O) groups is 1. The largest absolute Gasteiger partial charge is 0.343 e. The third-order valence-electron chi connectivity index (χ3n) is 3.60. The SMILES string of the molecule is O=C(NCc1nc2ccccc2[nH]1)c1cc(-n2cccn2)ccn1. The van der Waals surface area contributed by atoms with Gasteiger partial charge in [-0.2, -0.15) is 5.10 Å². The lowest BCUT2D eigenvalue weighted by atomic mass is 10.3. The molecule has 0 saturated heterocycles. The van der Waals surface area contributed by atoms with Gasteiger partial charge in [-0.3, -0.25) is 9.78 Å². The third-order valence-corrected chi connectivity index (χ3v) is 3.60. The maximum absolute atomic E-state index is 12.3. The van der Waals surface area contributed by atoms with Crippen LogP contribution in [0, 0.1) is 0 Å². The van der Waals surface area contributed by atoms with Crippen LogP contribution in [0.15, 0.2) is 61.1 Å². The smallest absolute Gasteiger partial charge is 0.270 e. The molecule has 7 nitrogen and oxygen atoms in total. The van der Waals surface area contributed by atoms with Crippen LogP contribution in [0.5, 0.6) is 0 Å². The normalized spacial score (nSPS) is 10.8. The zero-order valence-corrected chi connectivity index (χ0v) is 12.7. The van der Waals surface area contributed by atoms with E-state index in [1.165, 1.54) is 0 Å². The van der Waals surface area contributed by atoms with Crippen molar-refractivity contribution in [3.8, 4) is 5.69 Å². The zero-order valence-electron chi connectivity index (χ0n) is 12.7. The van der Waals surface area contributed by atoms with E-state index in [1.807, 2.05) is 36.5 Å². The molecule has 0 saturated carbocycles. The number of hydrogen-bond acceptors (Lipinski definition) is 4. The van der Waals surface area contributed by atoms with Crippen molar-refractivity contribution in [1.82, 2.24) is 30.0 Å². The Balaban J connectivity index is 1.49. The van der Waals surface area contributed by atoms with Crippen LogP contribution in [-0.4, -0.2) is 30.6 Å². The highest BCUT2D eigenvalue weighted by molar-refractivity contribution is 5.92. The third kappa shape index (κ3) is 2.74. The number of amides is 1. The number of rotatable bonds is 4. The first-order valence-electron chi connectivity index (χ1n) is 7.47. The van der Waals surface area contributed by atoms with Crippen LogP contribution in [0.3, 0.4) is 0 Å². The van der Waals surface area contributed by atoms with E-state index < -0.39 is 0 Å². The van der Waals surface area contributed by atoms with Crippen molar-refractivity contribution in [2.24, 2.45) is 0 Å². The van der Waals surface area contributed by atoms with Gasteiger partial charge in [0.25, 0.3) is 5.91 Å². The Labute approximate surface area is 137 Å². The highest BCUT2D eigenvalue weighted by atomic mass is 16.1. The molecule has 3 aromatic heterocycles. The predicted octanol–water partition coefficient (Wildman–Crippen LogP) is 2.07. The average Bonchev–Trinajstić information content (AvgIpc) is 3.29. The second kappa shape index (κ2) is 5.96. The van der Waals surface area contributed by atoms with Gasteiger partial charge < -0.3 is 10.3 Å². The maximum atomic E-state index is 12.3. The van der Waals surface area contributed by atoms with Gasteiger partial charge in [0.05, 0.1) is 23.3 Å². The molecule has 1 amide bonds.